The minimum absolute atomic E-state index is 0.614. The highest BCUT2D eigenvalue weighted by Crippen LogP contribution is 2.04. The molecule has 0 saturated carbocycles. The highest BCUT2D eigenvalue weighted by atomic mass is 16.5. The van der Waals surface area contributed by atoms with Crippen LogP contribution in [0, 0.1) is 11.8 Å². The molecule has 0 spiro atoms. The number of carbonyl (C=O) groups excluding carboxylic acids is 1. The van der Waals surface area contributed by atoms with Gasteiger partial charge in [0.2, 0.25) is 0 Å². The molecule has 1 amide bonds. The maximum Gasteiger partial charge on any atom is 0.267 e. The van der Waals surface area contributed by atoms with Crippen molar-refractivity contribution >= 4 is 11.6 Å². The van der Waals surface area contributed by atoms with Crippen LogP contribution in [0.25, 0.3) is 0 Å². The molecule has 0 aliphatic rings. The molecule has 0 radical (unpaired) electrons. The molecule has 0 fully saturated rings. The van der Waals surface area contributed by atoms with E-state index in [4.69, 9.17) is 10.9 Å². The van der Waals surface area contributed by atoms with Crippen LogP contribution in [-0.4, -0.2) is 11.1 Å². The molecular weight excluding hydrogens is 192 g/mol. The van der Waals surface area contributed by atoms with Gasteiger partial charge >= 0.3 is 0 Å². The van der Waals surface area contributed by atoms with E-state index in [0.29, 0.717) is 5.69 Å². The second-order valence-corrected chi connectivity index (χ2v) is 2.70. The molecule has 1 aromatic rings. The van der Waals surface area contributed by atoms with Crippen LogP contribution in [0.3, 0.4) is 0 Å². The Kier molecular flexibility index (Phi) is 3.95. The summed E-state index contributed by atoms with van der Waals surface area (Å²) < 4.78 is 0. The van der Waals surface area contributed by atoms with Crippen molar-refractivity contribution in [2.45, 2.75) is 0 Å². The number of rotatable bonds is 1. The third-order valence-electron chi connectivity index (χ3n) is 1.53. The molecular formula is C11H10N2O2. The molecule has 4 N–H and O–H groups in total. The number of nitrogens with two attached hydrogens (primary N) is 1. The van der Waals surface area contributed by atoms with E-state index in [1.54, 1.807) is 18.2 Å². The lowest BCUT2D eigenvalue weighted by molar-refractivity contribution is -0.124. The number of allylic oxidation sites excluding steroid dienone is 1. The molecule has 1 aromatic carbocycles. The van der Waals surface area contributed by atoms with Gasteiger partial charge < -0.3 is 5.73 Å². The summed E-state index contributed by atoms with van der Waals surface area (Å²) >= 11 is 0. The van der Waals surface area contributed by atoms with Crippen LogP contribution in [0.1, 0.15) is 5.56 Å². The monoisotopic (exact) mass is 202 g/mol. The lowest BCUT2D eigenvalue weighted by Crippen LogP contribution is -2.14. The summed E-state index contributed by atoms with van der Waals surface area (Å²) in [5.74, 6) is 4.81. The van der Waals surface area contributed by atoms with Crippen molar-refractivity contribution in [1.82, 2.24) is 5.48 Å². The summed E-state index contributed by atoms with van der Waals surface area (Å²) in [6.45, 7) is 0. The van der Waals surface area contributed by atoms with Gasteiger partial charge in [0, 0.05) is 17.3 Å². The first-order valence-corrected chi connectivity index (χ1v) is 4.20. The first-order chi connectivity index (χ1) is 7.22. The summed E-state index contributed by atoms with van der Waals surface area (Å²) in [6.07, 6.45) is 2.47. The Morgan fingerprint density at radius 1 is 1.53 bits per heavy atom. The third kappa shape index (κ3) is 3.98. The minimum Gasteiger partial charge on any atom is -0.399 e. The topological polar surface area (TPSA) is 75.4 Å². The van der Waals surface area contributed by atoms with E-state index < -0.39 is 5.91 Å². The minimum atomic E-state index is -0.614. The van der Waals surface area contributed by atoms with Crippen molar-refractivity contribution in [2.24, 2.45) is 0 Å². The normalized spacial score (nSPS) is 9.40. The van der Waals surface area contributed by atoms with E-state index in [1.807, 2.05) is 6.07 Å². The molecule has 76 valence electrons. The molecule has 0 aliphatic heterocycles. The van der Waals surface area contributed by atoms with Crippen molar-refractivity contribution in [3.05, 3.63) is 42.0 Å². The number of carbonyl (C=O) groups is 1. The summed E-state index contributed by atoms with van der Waals surface area (Å²) in [4.78, 5) is 10.5. The molecule has 0 atom stereocenters. The van der Waals surface area contributed by atoms with Gasteiger partial charge in [0.05, 0.1) is 0 Å². The third-order valence-corrected chi connectivity index (χ3v) is 1.53. The van der Waals surface area contributed by atoms with Gasteiger partial charge in [0.15, 0.2) is 0 Å². The van der Waals surface area contributed by atoms with Gasteiger partial charge in [-0.25, -0.2) is 5.48 Å². The quantitative estimate of drug-likeness (QED) is 0.206. The number of benzene rings is 1. The molecule has 4 heteroatoms. The van der Waals surface area contributed by atoms with Crippen LogP contribution in [0.4, 0.5) is 5.69 Å². The Balaban J connectivity index is 2.66. The Labute approximate surface area is 87.4 Å². The van der Waals surface area contributed by atoms with E-state index in [2.05, 4.69) is 11.8 Å². The Hall–Kier alpha value is -2.25. The molecule has 0 heterocycles. The maximum absolute atomic E-state index is 10.5. The van der Waals surface area contributed by atoms with E-state index in [9.17, 15) is 4.79 Å². The molecule has 4 nitrogen and oxygen atoms in total. The first-order valence-electron chi connectivity index (χ1n) is 4.20. The van der Waals surface area contributed by atoms with Gasteiger partial charge in [0.1, 0.15) is 0 Å². The molecule has 0 aliphatic carbocycles. The number of anilines is 1. The van der Waals surface area contributed by atoms with Gasteiger partial charge in [-0.1, -0.05) is 17.9 Å². The van der Waals surface area contributed by atoms with Crippen LogP contribution in [0.5, 0.6) is 0 Å². The molecule has 1 rings (SSSR count). The lowest BCUT2D eigenvalue weighted by atomic mass is 10.2. The van der Waals surface area contributed by atoms with Gasteiger partial charge in [-0.2, -0.15) is 0 Å². The zero-order valence-corrected chi connectivity index (χ0v) is 7.90. The number of nitrogen functional groups attached to an aromatic ring is 1. The van der Waals surface area contributed by atoms with Crippen molar-refractivity contribution in [3.63, 3.8) is 0 Å². The van der Waals surface area contributed by atoms with Crippen molar-refractivity contribution in [2.75, 3.05) is 5.73 Å². The van der Waals surface area contributed by atoms with Crippen molar-refractivity contribution in [1.29, 1.82) is 0 Å². The van der Waals surface area contributed by atoms with E-state index in [0.717, 1.165) is 11.6 Å². The fraction of sp³-hybridized carbons (Fsp3) is 0. The standard InChI is InChI=1S/C11H10N2O2/c12-10-6-3-5-9(8-10)4-1-2-7-11(14)13-15/h2-3,5-8,15H,12H2,(H,13,14). The largest absolute Gasteiger partial charge is 0.399 e. The Morgan fingerprint density at radius 2 is 2.33 bits per heavy atom. The van der Waals surface area contributed by atoms with Crippen LogP contribution in [-0.2, 0) is 4.79 Å². The Bertz CT molecular complexity index is 441. The highest BCUT2D eigenvalue weighted by molar-refractivity contribution is 5.86. The molecule has 0 saturated heterocycles. The van der Waals surface area contributed by atoms with Crippen molar-refractivity contribution in [3.8, 4) is 11.8 Å². The fourth-order valence-electron chi connectivity index (χ4n) is 0.896. The smallest absolute Gasteiger partial charge is 0.267 e. The number of nitrogens with one attached hydrogen (secondary N) is 1. The molecule has 0 aromatic heterocycles. The molecule has 0 unspecified atom stereocenters. The van der Waals surface area contributed by atoms with Gasteiger partial charge in [0.25, 0.3) is 5.91 Å². The van der Waals surface area contributed by atoms with Crippen LogP contribution < -0.4 is 11.2 Å². The Morgan fingerprint density at radius 3 is 3.00 bits per heavy atom. The highest BCUT2D eigenvalue weighted by Gasteiger charge is 1.87. The predicted octanol–water partition coefficient (Wildman–Crippen LogP) is 0.682. The number of amides is 1. The first kappa shape index (κ1) is 10.8. The zero-order valence-electron chi connectivity index (χ0n) is 7.90. The predicted molar refractivity (Wildman–Crippen MR) is 56.8 cm³/mol. The van der Waals surface area contributed by atoms with Crippen LogP contribution in [0.2, 0.25) is 0 Å². The second-order valence-electron chi connectivity index (χ2n) is 2.70. The number of hydrogen-bond donors (Lipinski definition) is 3. The molecule has 0 bridgehead atoms. The molecule has 15 heavy (non-hydrogen) atoms. The maximum atomic E-state index is 10.5. The zero-order chi connectivity index (χ0) is 11.1. The summed E-state index contributed by atoms with van der Waals surface area (Å²) in [6, 6.07) is 7.10. The van der Waals surface area contributed by atoms with E-state index in [1.165, 1.54) is 11.6 Å². The number of hydroxylamine groups is 1. The fourth-order valence-corrected chi connectivity index (χ4v) is 0.896. The van der Waals surface area contributed by atoms with E-state index >= 15 is 0 Å². The SMILES string of the molecule is Nc1cccc(C#CC=CC(=O)NO)c1. The lowest BCUT2D eigenvalue weighted by Gasteiger charge is -1.91. The van der Waals surface area contributed by atoms with Crippen LogP contribution in [0.15, 0.2) is 36.4 Å². The summed E-state index contributed by atoms with van der Waals surface area (Å²) in [5.41, 5.74) is 8.41. The van der Waals surface area contributed by atoms with Crippen LogP contribution >= 0.6 is 0 Å². The summed E-state index contributed by atoms with van der Waals surface area (Å²) in [7, 11) is 0. The number of hydrogen-bond acceptors (Lipinski definition) is 3. The average molecular weight is 202 g/mol. The van der Waals surface area contributed by atoms with Gasteiger partial charge in [-0.15, -0.1) is 0 Å². The van der Waals surface area contributed by atoms with Gasteiger partial charge in [-0.05, 0) is 24.3 Å². The average Bonchev–Trinajstić information content (AvgIpc) is 2.24. The second kappa shape index (κ2) is 5.47. The summed E-state index contributed by atoms with van der Waals surface area (Å²) in [5, 5.41) is 8.17. The van der Waals surface area contributed by atoms with Crippen molar-refractivity contribution < 1.29 is 10.0 Å². The van der Waals surface area contributed by atoms with E-state index in [-0.39, 0.29) is 0 Å². The van der Waals surface area contributed by atoms with Gasteiger partial charge in [-0.3, -0.25) is 10.0 Å².